The highest BCUT2D eigenvalue weighted by molar-refractivity contribution is 5.76. The third-order valence-corrected chi connectivity index (χ3v) is 4.58. The van der Waals surface area contributed by atoms with Gasteiger partial charge in [0.25, 0.3) is 0 Å². The van der Waals surface area contributed by atoms with E-state index in [4.69, 9.17) is 9.26 Å². The highest BCUT2D eigenvalue weighted by Crippen LogP contribution is 2.24. The Morgan fingerprint density at radius 1 is 1.29 bits per heavy atom. The first-order valence-corrected chi connectivity index (χ1v) is 8.47. The van der Waals surface area contributed by atoms with Crippen molar-refractivity contribution in [2.24, 2.45) is 0 Å². The van der Waals surface area contributed by atoms with Gasteiger partial charge < -0.3 is 14.2 Å². The molecule has 1 aromatic heterocycles. The second-order valence-corrected chi connectivity index (χ2v) is 6.41. The molecule has 24 heavy (non-hydrogen) atoms. The number of aryl methyl sites for hydroxylation is 3. The molecule has 0 atom stereocenters. The minimum atomic E-state index is 0.153. The van der Waals surface area contributed by atoms with Gasteiger partial charge in [0.15, 0.2) is 5.76 Å². The highest BCUT2D eigenvalue weighted by atomic mass is 16.5. The minimum absolute atomic E-state index is 0.153. The number of fused-ring (bicyclic) bond motifs is 1. The number of benzene rings is 1. The summed E-state index contributed by atoms with van der Waals surface area (Å²) in [5.41, 5.74) is 4.37. The maximum atomic E-state index is 12.4. The number of hydrogen-bond donors (Lipinski definition) is 0. The maximum Gasteiger partial charge on any atom is 0.223 e. The van der Waals surface area contributed by atoms with E-state index in [1.165, 1.54) is 0 Å². The molecule has 0 radical (unpaired) electrons. The third kappa shape index (κ3) is 3.45. The smallest absolute Gasteiger partial charge is 0.223 e. The molecule has 1 aliphatic rings. The number of para-hydroxylation sites is 1. The molecule has 1 aliphatic heterocycles. The van der Waals surface area contributed by atoms with E-state index in [0.717, 1.165) is 46.9 Å². The van der Waals surface area contributed by atoms with Gasteiger partial charge in [-0.1, -0.05) is 23.4 Å². The van der Waals surface area contributed by atoms with Crippen LogP contribution in [0.4, 0.5) is 0 Å². The summed E-state index contributed by atoms with van der Waals surface area (Å²) in [4.78, 5) is 14.2. The summed E-state index contributed by atoms with van der Waals surface area (Å²) in [5, 5.41) is 3.98. The monoisotopic (exact) mass is 328 g/mol. The van der Waals surface area contributed by atoms with Gasteiger partial charge in [0, 0.05) is 18.5 Å². The minimum Gasteiger partial charge on any atom is -0.493 e. The van der Waals surface area contributed by atoms with Crippen LogP contribution in [0.3, 0.4) is 0 Å². The van der Waals surface area contributed by atoms with Crippen molar-refractivity contribution in [2.75, 3.05) is 13.2 Å². The largest absolute Gasteiger partial charge is 0.493 e. The summed E-state index contributed by atoms with van der Waals surface area (Å²) in [6.45, 7) is 7.86. The quantitative estimate of drug-likeness (QED) is 0.790. The number of amides is 1. The van der Waals surface area contributed by atoms with Gasteiger partial charge >= 0.3 is 0 Å². The molecule has 128 valence electrons. The molecule has 0 unspecified atom stereocenters. The molecule has 0 aliphatic carbocycles. The molecule has 0 spiro atoms. The van der Waals surface area contributed by atoms with Crippen LogP contribution in [0.1, 0.15) is 41.0 Å². The van der Waals surface area contributed by atoms with Gasteiger partial charge in [-0.2, -0.15) is 0 Å². The number of carbonyl (C=O) groups excluding carboxylic acids is 1. The molecule has 1 aromatic carbocycles. The first-order valence-electron chi connectivity index (χ1n) is 8.47. The van der Waals surface area contributed by atoms with Crippen LogP contribution in [0, 0.1) is 20.8 Å². The van der Waals surface area contributed by atoms with Gasteiger partial charge in [0.2, 0.25) is 5.91 Å². The lowest BCUT2D eigenvalue weighted by atomic mass is 10.1. The van der Waals surface area contributed by atoms with Crippen molar-refractivity contribution in [1.29, 1.82) is 0 Å². The lowest BCUT2D eigenvalue weighted by molar-refractivity contribution is -0.132. The summed E-state index contributed by atoms with van der Waals surface area (Å²) < 4.78 is 11.2. The standard InChI is InChI=1S/C19H24N2O3/c1-13-6-4-7-14(2)19(13)23-11-5-8-18(22)21-10-9-16-15(3)20-24-17(16)12-21/h4,6-7H,5,8-12H2,1-3H3. The molecule has 2 heterocycles. The Balaban J connectivity index is 1.47. The van der Waals surface area contributed by atoms with E-state index in [1.54, 1.807) is 0 Å². The van der Waals surface area contributed by atoms with Crippen LogP contribution in [0.15, 0.2) is 22.7 Å². The van der Waals surface area contributed by atoms with E-state index in [-0.39, 0.29) is 5.91 Å². The SMILES string of the molecule is Cc1cccc(C)c1OCCCC(=O)N1CCc2c(C)noc2C1. The number of aromatic nitrogens is 1. The Hall–Kier alpha value is -2.30. The topological polar surface area (TPSA) is 55.6 Å². The fourth-order valence-corrected chi connectivity index (χ4v) is 3.17. The van der Waals surface area contributed by atoms with E-state index in [0.29, 0.717) is 26.0 Å². The predicted octanol–water partition coefficient (Wildman–Crippen LogP) is 3.34. The first-order chi connectivity index (χ1) is 11.6. The van der Waals surface area contributed by atoms with Crippen molar-refractivity contribution >= 4 is 5.91 Å². The average Bonchev–Trinajstić information content (AvgIpc) is 2.94. The molecule has 0 N–H and O–H groups in total. The van der Waals surface area contributed by atoms with E-state index < -0.39 is 0 Å². The zero-order chi connectivity index (χ0) is 17.1. The maximum absolute atomic E-state index is 12.4. The molecule has 0 fully saturated rings. The Kier molecular flexibility index (Phi) is 4.88. The van der Waals surface area contributed by atoms with Gasteiger partial charge in [0.05, 0.1) is 18.8 Å². The number of carbonyl (C=O) groups is 1. The number of hydrogen-bond acceptors (Lipinski definition) is 4. The normalized spacial score (nSPS) is 13.7. The Bertz CT molecular complexity index is 716. The van der Waals surface area contributed by atoms with Gasteiger partial charge in [-0.25, -0.2) is 0 Å². The Morgan fingerprint density at radius 2 is 2.04 bits per heavy atom. The molecule has 5 nitrogen and oxygen atoms in total. The molecule has 2 aromatic rings. The van der Waals surface area contributed by atoms with Crippen molar-refractivity contribution in [3.05, 3.63) is 46.3 Å². The van der Waals surface area contributed by atoms with Crippen LogP contribution < -0.4 is 4.74 Å². The van der Waals surface area contributed by atoms with Gasteiger partial charge in [-0.15, -0.1) is 0 Å². The predicted molar refractivity (Wildman–Crippen MR) is 91.0 cm³/mol. The zero-order valence-corrected chi connectivity index (χ0v) is 14.6. The van der Waals surface area contributed by atoms with E-state index >= 15 is 0 Å². The second kappa shape index (κ2) is 7.07. The number of nitrogens with zero attached hydrogens (tertiary/aromatic N) is 2. The first kappa shape index (κ1) is 16.6. The van der Waals surface area contributed by atoms with Crippen LogP contribution in [0.2, 0.25) is 0 Å². The Labute approximate surface area is 142 Å². The van der Waals surface area contributed by atoms with Gasteiger partial charge in [-0.3, -0.25) is 4.79 Å². The Morgan fingerprint density at radius 3 is 2.79 bits per heavy atom. The number of ether oxygens (including phenoxy) is 1. The van der Waals surface area contributed by atoms with Gasteiger partial charge in [-0.05, 0) is 44.7 Å². The summed E-state index contributed by atoms with van der Waals surface area (Å²) in [6, 6.07) is 6.10. The molecule has 1 amide bonds. The van der Waals surface area contributed by atoms with E-state index in [1.807, 2.05) is 43.9 Å². The molecular formula is C19H24N2O3. The van der Waals surface area contributed by atoms with E-state index in [9.17, 15) is 4.79 Å². The van der Waals surface area contributed by atoms with Crippen molar-refractivity contribution in [2.45, 2.75) is 46.6 Å². The summed E-state index contributed by atoms with van der Waals surface area (Å²) in [6.07, 6.45) is 2.04. The fraction of sp³-hybridized carbons (Fsp3) is 0.474. The van der Waals surface area contributed by atoms with Crippen LogP contribution in [0.25, 0.3) is 0 Å². The van der Waals surface area contributed by atoms with Crippen molar-refractivity contribution < 1.29 is 14.1 Å². The van der Waals surface area contributed by atoms with Crippen molar-refractivity contribution in [3.63, 3.8) is 0 Å². The summed E-state index contributed by atoms with van der Waals surface area (Å²) >= 11 is 0. The molecule has 5 heteroatoms. The molecule has 0 saturated heterocycles. The summed E-state index contributed by atoms with van der Waals surface area (Å²) in [5.74, 6) is 1.92. The third-order valence-electron chi connectivity index (χ3n) is 4.58. The second-order valence-electron chi connectivity index (χ2n) is 6.41. The molecule has 0 bridgehead atoms. The molecule has 0 saturated carbocycles. The zero-order valence-electron chi connectivity index (χ0n) is 14.6. The van der Waals surface area contributed by atoms with Gasteiger partial charge in [0.1, 0.15) is 5.75 Å². The molecule has 3 rings (SSSR count). The van der Waals surface area contributed by atoms with E-state index in [2.05, 4.69) is 5.16 Å². The van der Waals surface area contributed by atoms with Crippen molar-refractivity contribution in [1.82, 2.24) is 10.1 Å². The highest BCUT2D eigenvalue weighted by Gasteiger charge is 2.25. The molecular weight excluding hydrogens is 304 g/mol. The fourth-order valence-electron chi connectivity index (χ4n) is 3.17. The number of rotatable bonds is 5. The lowest BCUT2D eigenvalue weighted by Gasteiger charge is -2.25. The van der Waals surface area contributed by atoms with Crippen LogP contribution in [-0.4, -0.2) is 29.1 Å². The lowest BCUT2D eigenvalue weighted by Crippen LogP contribution is -2.35. The van der Waals surface area contributed by atoms with Crippen LogP contribution in [-0.2, 0) is 17.8 Å². The summed E-state index contributed by atoms with van der Waals surface area (Å²) in [7, 11) is 0. The van der Waals surface area contributed by atoms with Crippen molar-refractivity contribution in [3.8, 4) is 5.75 Å². The van der Waals surface area contributed by atoms with Crippen LogP contribution in [0.5, 0.6) is 5.75 Å². The average molecular weight is 328 g/mol. The van der Waals surface area contributed by atoms with Crippen LogP contribution >= 0.6 is 0 Å².